The van der Waals surface area contributed by atoms with Crippen LogP contribution in [0, 0.1) is 0 Å². The molecule has 0 aliphatic heterocycles. The summed E-state index contributed by atoms with van der Waals surface area (Å²) in [5, 5.41) is 0. The molecule has 8 nitrogen and oxygen atoms in total. The second-order valence-corrected chi connectivity index (χ2v) is 17.3. The summed E-state index contributed by atoms with van der Waals surface area (Å²) >= 11 is 0. The molecule has 0 aliphatic carbocycles. The zero-order valence-electron chi connectivity index (χ0n) is 35.7. The maximum absolute atomic E-state index is 12.4. The van der Waals surface area contributed by atoms with Crippen molar-refractivity contribution in [2.75, 3.05) is 13.2 Å². The van der Waals surface area contributed by atoms with E-state index >= 15 is 0 Å². The molecule has 0 radical (unpaired) electrons. The number of phosphoric acid groups is 1. The van der Waals surface area contributed by atoms with Gasteiger partial charge in [0.05, 0.1) is 6.61 Å². The number of carbonyl (C=O) groups is 2. The van der Waals surface area contributed by atoms with Crippen molar-refractivity contribution in [1.29, 1.82) is 0 Å². The van der Waals surface area contributed by atoms with E-state index in [1.807, 2.05) is 0 Å². The van der Waals surface area contributed by atoms with Gasteiger partial charge >= 0.3 is 19.8 Å². The van der Waals surface area contributed by atoms with Crippen LogP contribution >= 0.6 is 7.82 Å². The van der Waals surface area contributed by atoms with Crippen LogP contribution in [0.3, 0.4) is 0 Å². The Hall–Kier alpha value is -0.950. The summed E-state index contributed by atoms with van der Waals surface area (Å²) in [5.74, 6) is -0.864. The SMILES string of the molecule is CCCCCCCCCCCCCCCCCCCCCCCC(=O)O[C@H](COC(=O)CCCCCCCCCCCCCCCCC)COP(=O)(O)O. The second kappa shape index (κ2) is 41.7. The van der Waals surface area contributed by atoms with Crippen molar-refractivity contribution >= 4 is 19.8 Å². The molecule has 0 aliphatic rings. The van der Waals surface area contributed by atoms with Crippen molar-refractivity contribution in [3.05, 3.63) is 0 Å². The third-order valence-electron chi connectivity index (χ3n) is 10.6. The van der Waals surface area contributed by atoms with Crippen molar-refractivity contribution in [3.63, 3.8) is 0 Å². The molecule has 0 saturated carbocycles. The number of hydrogen-bond acceptors (Lipinski definition) is 6. The van der Waals surface area contributed by atoms with Crippen molar-refractivity contribution < 1.29 is 37.9 Å². The van der Waals surface area contributed by atoms with E-state index in [2.05, 4.69) is 18.4 Å². The van der Waals surface area contributed by atoms with Gasteiger partial charge in [-0.15, -0.1) is 0 Å². The van der Waals surface area contributed by atoms with Gasteiger partial charge in [-0.25, -0.2) is 4.57 Å². The topological polar surface area (TPSA) is 119 Å². The number of unbranched alkanes of at least 4 members (excludes halogenated alkanes) is 34. The predicted molar refractivity (Wildman–Crippen MR) is 226 cm³/mol. The molecule has 0 spiro atoms. The minimum atomic E-state index is -4.75. The Kier molecular flexibility index (Phi) is 40.9. The van der Waals surface area contributed by atoms with E-state index in [-0.39, 0.29) is 19.4 Å². The Morgan fingerprint density at radius 1 is 0.407 bits per heavy atom. The highest BCUT2D eigenvalue weighted by molar-refractivity contribution is 7.46. The predicted octanol–water partition coefficient (Wildman–Crippen LogP) is 14.4. The van der Waals surface area contributed by atoms with Crippen LogP contribution in [0.5, 0.6) is 0 Å². The number of ether oxygens (including phenoxy) is 2. The molecule has 322 valence electrons. The molecule has 0 rings (SSSR count). The average molecular weight is 789 g/mol. The monoisotopic (exact) mass is 789 g/mol. The van der Waals surface area contributed by atoms with E-state index in [1.165, 1.54) is 193 Å². The van der Waals surface area contributed by atoms with Crippen molar-refractivity contribution in [2.45, 2.75) is 264 Å². The van der Waals surface area contributed by atoms with Crippen LogP contribution in [0.1, 0.15) is 258 Å². The van der Waals surface area contributed by atoms with Gasteiger partial charge in [-0.3, -0.25) is 14.1 Å². The average Bonchev–Trinajstić information content (AvgIpc) is 3.14. The minimum Gasteiger partial charge on any atom is -0.462 e. The number of carbonyl (C=O) groups excluding carboxylic acids is 2. The summed E-state index contributed by atoms with van der Waals surface area (Å²) in [4.78, 5) is 42.9. The van der Waals surface area contributed by atoms with Gasteiger partial charge < -0.3 is 19.3 Å². The maximum Gasteiger partial charge on any atom is 0.469 e. The number of hydrogen-bond donors (Lipinski definition) is 2. The van der Waals surface area contributed by atoms with Crippen LogP contribution in [0.2, 0.25) is 0 Å². The van der Waals surface area contributed by atoms with Crippen molar-refractivity contribution in [3.8, 4) is 0 Å². The molecule has 1 atom stereocenters. The van der Waals surface area contributed by atoms with Crippen LogP contribution < -0.4 is 0 Å². The summed E-state index contributed by atoms with van der Waals surface area (Å²) in [6.07, 6.45) is 45.4. The first-order valence-corrected chi connectivity index (χ1v) is 24.9. The molecular weight excluding hydrogens is 699 g/mol. The van der Waals surface area contributed by atoms with E-state index in [9.17, 15) is 14.2 Å². The molecule has 2 N–H and O–H groups in total. The number of rotatable bonds is 44. The Morgan fingerprint density at radius 3 is 0.944 bits per heavy atom. The van der Waals surface area contributed by atoms with Crippen LogP contribution in [0.15, 0.2) is 0 Å². The molecule has 54 heavy (non-hydrogen) atoms. The van der Waals surface area contributed by atoms with Gasteiger partial charge in [-0.1, -0.05) is 232 Å². The standard InChI is InChI=1S/C45H89O8P/c1-3-5-7-9-11-13-15-17-19-20-21-22-23-24-26-28-30-32-34-36-38-40-45(47)53-43(42-52-54(48,49)50)41-51-44(46)39-37-35-33-31-29-27-25-18-16-14-12-10-8-6-4-2/h43H,3-42H2,1-2H3,(H2,48,49,50)/t43-/m1/s1. The van der Waals surface area contributed by atoms with Gasteiger partial charge in [0, 0.05) is 12.8 Å². The van der Waals surface area contributed by atoms with Gasteiger partial charge in [0.1, 0.15) is 6.61 Å². The Balaban J connectivity index is 3.79. The van der Waals surface area contributed by atoms with Gasteiger partial charge in [0.15, 0.2) is 6.10 Å². The molecule has 0 unspecified atom stereocenters. The first kappa shape index (κ1) is 53.0. The first-order valence-electron chi connectivity index (χ1n) is 23.3. The van der Waals surface area contributed by atoms with Gasteiger partial charge in [-0.05, 0) is 12.8 Å². The van der Waals surface area contributed by atoms with Gasteiger partial charge in [0.25, 0.3) is 0 Å². The van der Waals surface area contributed by atoms with Crippen LogP contribution in [0.4, 0.5) is 0 Å². The normalized spacial score (nSPS) is 12.3. The molecule has 0 bridgehead atoms. The quantitative estimate of drug-likeness (QED) is 0.0356. The largest absolute Gasteiger partial charge is 0.469 e. The fraction of sp³-hybridized carbons (Fsp3) is 0.956. The van der Waals surface area contributed by atoms with Gasteiger partial charge in [-0.2, -0.15) is 0 Å². The molecule has 0 aromatic heterocycles. The van der Waals surface area contributed by atoms with Crippen LogP contribution in [0.25, 0.3) is 0 Å². The van der Waals surface area contributed by atoms with E-state index in [1.54, 1.807) is 0 Å². The lowest BCUT2D eigenvalue weighted by Crippen LogP contribution is -2.29. The molecule has 0 fully saturated rings. The minimum absolute atomic E-state index is 0.221. The van der Waals surface area contributed by atoms with Crippen LogP contribution in [-0.2, 0) is 28.2 Å². The lowest BCUT2D eigenvalue weighted by atomic mass is 10.0. The summed E-state index contributed by atoms with van der Waals surface area (Å²) < 4.78 is 26.5. The lowest BCUT2D eigenvalue weighted by Gasteiger charge is -2.18. The Morgan fingerprint density at radius 2 is 0.667 bits per heavy atom. The molecule has 0 saturated heterocycles. The van der Waals surface area contributed by atoms with E-state index < -0.39 is 32.5 Å². The number of phosphoric ester groups is 1. The van der Waals surface area contributed by atoms with Crippen LogP contribution in [-0.4, -0.2) is 41.0 Å². The smallest absolute Gasteiger partial charge is 0.462 e. The third kappa shape index (κ3) is 43.8. The highest BCUT2D eigenvalue weighted by atomic mass is 31.2. The summed E-state index contributed by atoms with van der Waals surface area (Å²) in [5.41, 5.74) is 0. The fourth-order valence-corrected chi connectivity index (χ4v) is 7.50. The number of esters is 2. The Labute approximate surface area is 334 Å². The molecular formula is C45H89O8P. The zero-order chi connectivity index (χ0) is 39.6. The summed E-state index contributed by atoms with van der Waals surface area (Å²) in [6, 6.07) is 0. The lowest BCUT2D eigenvalue weighted by molar-refractivity contribution is -0.161. The summed E-state index contributed by atoms with van der Waals surface area (Å²) in [6.45, 7) is 3.73. The third-order valence-corrected chi connectivity index (χ3v) is 11.1. The molecule has 0 amide bonds. The maximum atomic E-state index is 12.4. The Bertz CT molecular complexity index is 848. The second-order valence-electron chi connectivity index (χ2n) is 16.1. The zero-order valence-corrected chi connectivity index (χ0v) is 36.5. The van der Waals surface area contributed by atoms with E-state index in [4.69, 9.17) is 19.3 Å². The molecule has 0 aromatic rings. The van der Waals surface area contributed by atoms with E-state index in [0.29, 0.717) is 6.42 Å². The van der Waals surface area contributed by atoms with E-state index in [0.717, 1.165) is 32.1 Å². The van der Waals surface area contributed by atoms with Crippen molar-refractivity contribution in [2.24, 2.45) is 0 Å². The van der Waals surface area contributed by atoms with Crippen molar-refractivity contribution in [1.82, 2.24) is 0 Å². The molecule has 0 aromatic carbocycles. The molecule has 9 heteroatoms. The fourth-order valence-electron chi connectivity index (χ4n) is 7.14. The summed E-state index contributed by atoms with van der Waals surface area (Å²) in [7, 11) is -4.75. The first-order chi connectivity index (χ1) is 26.3. The highest BCUT2D eigenvalue weighted by Gasteiger charge is 2.23. The molecule has 0 heterocycles. The van der Waals surface area contributed by atoms with Gasteiger partial charge in [0.2, 0.25) is 0 Å². The highest BCUT2D eigenvalue weighted by Crippen LogP contribution is 2.36.